The number of aromatic nitrogens is 2. The van der Waals surface area contributed by atoms with E-state index >= 15 is 0 Å². The van der Waals surface area contributed by atoms with Gasteiger partial charge in [0.15, 0.2) is 0 Å². The van der Waals surface area contributed by atoms with Crippen LogP contribution in [0.3, 0.4) is 0 Å². The quantitative estimate of drug-likeness (QED) is 0.780. The van der Waals surface area contributed by atoms with E-state index in [0.717, 1.165) is 0 Å². The Kier molecular flexibility index (Phi) is 3.84. The molecule has 0 saturated heterocycles. The number of urea groups is 1. The smallest absolute Gasteiger partial charge is 0.319 e. The van der Waals surface area contributed by atoms with Crippen LogP contribution in [0.25, 0.3) is 0 Å². The average Bonchev–Trinajstić information content (AvgIpc) is 2.16. The van der Waals surface area contributed by atoms with Crippen LogP contribution in [0.15, 0.2) is 12.3 Å². The van der Waals surface area contributed by atoms with E-state index in [1.54, 1.807) is 6.07 Å². The number of ether oxygens (including phenoxy) is 1. The summed E-state index contributed by atoms with van der Waals surface area (Å²) in [5.74, 6) is 0.359. The third kappa shape index (κ3) is 3.80. The normalized spacial score (nSPS) is 9.87. The Morgan fingerprint density at radius 3 is 2.87 bits per heavy atom. The number of methoxy groups -OCH3 is 1. The molecule has 0 aromatic carbocycles. The summed E-state index contributed by atoms with van der Waals surface area (Å²) in [6, 6.07) is 1.40. The molecule has 0 fully saturated rings. The monoisotopic (exact) mass is 210 g/mol. The molecule has 6 heteroatoms. The Bertz CT molecular complexity index is 341. The van der Waals surface area contributed by atoms with Crippen molar-refractivity contribution < 1.29 is 9.53 Å². The molecule has 1 heterocycles. The molecule has 0 aliphatic heterocycles. The molecule has 1 aromatic heterocycles. The maximum atomic E-state index is 11.3. The van der Waals surface area contributed by atoms with Gasteiger partial charge >= 0.3 is 6.03 Å². The number of anilines is 1. The zero-order valence-electron chi connectivity index (χ0n) is 8.94. The molecule has 0 unspecified atom stereocenters. The second-order valence-electron chi connectivity index (χ2n) is 3.24. The molecule has 0 aliphatic carbocycles. The van der Waals surface area contributed by atoms with Crippen molar-refractivity contribution in [3.05, 3.63) is 12.3 Å². The summed E-state index contributed by atoms with van der Waals surface area (Å²) in [6.07, 6.45) is 1.45. The second kappa shape index (κ2) is 5.14. The molecule has 15 heavy (non-hydrogen) atoms. The predicted molar refractivity (Wildman–Crippen MR) is 55.9 cm³/mol. The van der Waals surface area contributed by atoms with Gasteiger partial charge in [-0.2, -0.15) is 5.10 Å². The van der Waals surface area contributed by atoms with Crippen molar-refractivity contribution in [2.24, 2.45) is 0 Å². The number of carbonyl (C=O) groups excluding carboxylic acids is 1. The SMILES string of the molecule is COc1cc(NC(=O)NC(C)C)cnn1. The molecule has 0 atom stereocenters. The van der Waals surface area contributed by atoms with Crippen molar-refractivity contribution in [2.75, 3.05) is 12.4 Å². The minimum absolute atomic E-state index is 0.0849. The fraction of sp³-hybridized carbons (Fsp3) is 0.444. The first-order valence-corrected chi connectivity index (χ1v) is 4.56. The van der Waals surface area contributed by atoms with Crippen LogP contribution in [0.4, 0.5) is 10.5 Å². The highest BCUT2D eigenvalue weighted by Gasteiger charge is 2.04. The Morgan fingerprint density at radius 1 is 1.53 bits per heavy atom. The summed E-state index contributed by atoms with van der Waals surface area (Å²) in [6.45, 7) is 3.76. The minimum Gasteiger partial charge on any atom is -0.480 e. The van der Waals surface area contributed by atoms with Crippen LogP contribution in [0.5, 0.6) is 5.88 Å². The third-order valence-electron chi connectivity index (χ3n) is 1.52. The van der Waals surface area contributed by atoms with Crippen LogP contribution in [-0.4, -0.2) is 29.4 Å². The number of amides is 2. The molecule has 2 N–H and O–H groups in total. The van der Waals surface area contributed by atoms with Gasteiger partial charge in [-0.1, -0.05) is 0 Å². The largest absolute Gasteiger partial charge is 0.480 e. The van der Waals surface area contributed by atoms with E-state index in [1.165, 1.54) is 13.3 Å². The van der Waals surface area contributed by atoms with E-state index in [1.807, 2.05) is 13.8 Å². The van der Waals surface area contributed by atoms with Crippen molar-refractivity contribution in [1.29, 1.82) is 0 Å². The summed E-state index contributed by atoms with van der Waals surface area (Å²) >= 11 is 0. The predicted octanol–water partition coefficient (Wildman–Crippen LogP) is 1.02. The van der Waals surface area contributed by atoms with Crippen LogP contribution in [-0.2, 0) is 0 Å². The fourth-order valence-corrected chi connectivity index (χ4v) is 0.945. The first kappa shape index (κ1) is 11.2. The fourth-order valence-electron chi connectivity index (χ4n) is 0.945. The van der Waals surface area contributed by atoms with Gasteiger partial charge in [-0.05, 0) is 13.8 Å². The van der Waals surface area contributed by atoms with Crippen LogP contribution in [0.2, 0.25) is 0 Å². The maximum absolute atomic E-state index is 11.3. The standard InChI is InChI=1S/C9H14N4O2/c1-6(2)11-9(14)12-7-4-8(15-3)13-10-5-7/h4-6H,1-3H3,(H2,11,12,13,14). The van der Waals surface area contributed by atoms with E-state index in [-0.39, 0.29) is 12.1 Å². The number of hydrogen-bond donors (Lipinski definition) is 2. The number of nitrogens with zero attached hydrogens (tertiary/aromatic N) is 2. The summed E-state index contributed by atoms with van der Waals surface area (Å²) in [5, 5.41) is 12.7. The highest BCUT2D eigenvalue weighted by atomic mass is 16.5. The lowest BCUT2D eigenvalue weighted by molar-refractivity contribution is 0.250. The molecule has 0 spiro atoms. The summed E-state index contributed by atoms with van der Waals surface area (Å²) in [4.78, 5) is 11.3. The first-order valence-electron chi connectivity index (χ1n) is 4.56. The van der Waals surface area contributed by atoms with E-state index in [2.05, 4.69) is 20.8 Å². The molecular weight excluding hydrogens is 196 g/mol. The molecule has 0 bridgehead atoms. The number of carbonyl (C=O) groups is 1. The molecule has 0 radical (unpaired) electrons. The van der Waals surface area contributed by atoms with Crippen LogP contribution >= 0.6 is 0 Å². The van der Waals surface area contributed by atoms with Gasteiger partial charge in [0.05, 0.1) is 19.0 Å². The zero-order chi connectivity index (χ0) is 11.3. The lowest BCUT2D eigenvalue weighted by Gasteiger charge is -2.09. The number of nitrogens with one attached hydrogen (secondary N) is 2. The van der Waals surface area contributed by atoms with Crippen LogP contribution < -0.4 is 15.4 Å². The van der Waals surface area contributed by atoms with E-state index in [9.17, 15) is 4.79 Å². The first-order chi connectivity index (χ1) is 7.11. The van der Waals surface area contributed by atoms with Gasteiger partial charge in [-0.3, -0.25) is 0 Å². The molecule has 2 amide bonds. The minimum atomic E-state index is -0.278. The van der Waals surface area contributed by atoms with Crippen molar-refractivity contribution in [3.8, 4) is 5.88 Å². The summed E-state index contributed by atoms with van der Waals surface area (Å²) < 4.78 is 4.87. The van der Waals surface area contributed by atoms with Gasteiger partial charge in [0.2, 0.25) is 5.88 Å². The van der Waals surface area contributed by atoms with E-state index < -0.39 is 0 Å². The molecule has 1 aromatic rings. The molecule has 6 nitrogen and oxygen atoms in total. The second-order valence-corrected chi connectivity index (χ2v) is 3.24. The van der Waals surface area contributed by atoms with Crippen molar-refractivity contribution in [1.82, 2.24) is 15.5 Å². The maximum Gasteiger partial charge on any atom is 0.319 e. The lowest BCUT2D eigenvalue weighted by atomic mass is 10.4. The number of hydrogen-bond acceptors (Lipinski definition) is 4. The third-order valence-corrected chi connectivity index (χ3v) is 1.52. The number of rotatable bonds is 3. The Labute approximate surface area is 88.0 Å². The molecule has 1 rings (SSSR count). The molecule has 82 valence electrons. The van der Waals surface area contributed by atoms with Gasteiger partial charge in [0.1, 0.15) is 0 Å². The molecule has 0 saturated carbocycles. The van der Waals surface area contributed by atoms with Gasteiger partial charge in [0.25, 0.3) is 0 Å². The Balaban J connectivity index is 2.60. The van der Waals surface area contributed by atoms with Crippen LogP contribution in [0, 0.1) is 0 Å². The van der Waals surface area contributed by atoms with Gasteiger partial charge in [-0.25, -0.2) is 4.79 Å². The Hall–Kier alpha value is -1.85. The zero-order valence-corrected chi connectivity index (χ0v) is 8.94. The molecular formula is C9H14N4O2. The molecule has 0 aliphatic rings. The van der Waals surface area contributed by atoms with E-state index in [0.29, 0.717) is 11.6 Å². The summed E-state index contributed by atoms with van der Waals surface area (Å²) in [7, 11) is 1.49. The summed E-state index contributed by atoms with van der Waals surface area (Å²) in [5.41, 5.74) is 0.542. The highest BCUT2D eigenvalue weighted by Crippen LogP contribution is 2.10. The van der Waals surface area contributed by atoms with Gasteiger partial charge in [0, 0.05) is 12.1 Å². The Morgan fingerprint density at radius 2 is 2.27 bits per heavy atom. The van der Waals surface area contributed by atoms with Gasteiger partial charge < -0.3 is 15.4 Å². The lowest BCUT2D eigenvalue weighted by Crippen LogP contribution is -2.34. The van der Waals surface area contributed by atoms with Crippen molar-refractivity contribution in [2.45, 2.75) is 19.9 Å². The van der Waals surface area contributed by atoms with Crippen molar-refractivity contribution in [3.63, 3.8) is 0 Å². The topological polar surface area (TPSA) is 76.1 Å². The average molecular weight is 210 g/mol. The van der Waals surface area contributed by atoms with Crippen LogP contribution in [0.1, 0.15) is 13.8 Å². The van der Waals surface area contributed by atoms with Crippen molar-refractivity contribution >= 4 is 11.7 Å². The highest BCUT2D eigenvalue weighted by molar-refractivity contribution is 5.89. The van der Waals surface area contributed by atoms with Gasteiger partial charge in [-0.15, -0.1) is 5.10 Å². The van der Waals surface area contributed by atoms with E-state index in [4.69, 9.17) is 4.74 Å².